The Hall–Kier alpha value is -3.28. The van der Waals surface area contributed by atoms with Gasteiger partial charge in [-0.25, -0.2) is 9.78 Å². The fourth-order valence-electron chi connectivity index (χ4n) is 2.27. The van der Waals surface area contributed by atoms with Gasteiger partial charge in [0.15, 0.2) is 0 Å². The molecule has 0 aliphatic heterocycles. The molecular formula is C17H13N3O3. The first-order valence-corrected chi connectivity index (χ1v) is 6.90. The van der Waals surface area contributed by atoms with Gasteiger partial charge in [0.05, 0.1) is 11.3 Å². The van der Waals surface area contributed by atoms with Crippen LogP contribution in [0, 0.1) is 6.92 Å². The number of aromatic amines is 1. The molecule has 0 saturated carbocycles. The summed E-state index contributed by atoms with van der Waals surface area (Å²) < 4.78 is 0. The molecule has 2 heterocycles. The Kier molecular flexibility index (Phi) is 3.72. The summed E-state index contributed by atoms with van der Waals surface area (Å²) in [5.41, 5.74) is 2.93. The third-order valence-electron chi connectivity index (χ3n) is 3.36. The molecule has 1 aromatic carbocycles. The molecule has 0 aliphatic rings. The summed E-state index contributed by atoms with van der Waals surface area (Å²) in [6, 6.07) is 9.81. The Morgan fingerprint density at radius 2 is 1.74 bits per heavy atom. The number of hydrogen-bond acceptors (Lipinski definition) is 4. The molecule has 2 N–H and O–H groups in total. The minimum absolute atomic E-state index is 0.219. The van der Waals surface area contributed by atoms with Gasteiger partial charge < -0.3 is 10.1 Å². The zero-order chi connectivity index (χ0) is 16.4. The van der Waals surface area contributed by atoms with Crippen molar-refractivity contribution in [2.75, 3.05) is 0 Å². The van der Waals surface area contributed by atoms with Crippen molar-refractivity contribution >= 4 is 5.97 Å². The number of aromatic carboxylic acids is 1. The van der Waals surface area contributed by atoms with Crippen molar-refractivity contribution in [3.63, 3.8) is 0 Å². The first kappa shape index (κ1) is 14.6. The third-order valence-corrected chi connectivity index (χ3v) is 3.36. The largest absolute Gasteiger partial charge is 0.478 e. The number of nitrogens with zero attached hydrogens (tertiary/aromatic N) is 2. The van der Waals surface area contributed by atoms with E-state index in [1.165, 1.54) is 6.07 Å². The highest BCUT2D eigenvalue weighted by molar-refractivity contribution is 5.88. The second-order valence-corrected chi connectivity index (χ2v) is 5.06. The molecule has 0 fully saturated rings. The SMILES string of the molecule is Cc1nc(-c2cncc(-c3ccc(C(=O)O)cc3)c2)cc(=O)[nH]1. The van der Waals surface area contributed by atoms with Crippen molar-refractivity contribution in [2.45, 2.75) is 6.92 Å². The maximum atomic E-state index is 11.6. The summed E-state index contributed by atoms with van der Waals surface area (Å²) in [6.07, 6.45) is 3.32. The Morgan fingerprint density at radius 3 is 2.39 bits per heavy atom. The number of carboxylic acids is 1. The normalized spacial score (nSPS) is 10.5. The number of H-pyrrole nitrogens is 1. The summed E-state index contributed by atoms with van der Waals surface area (Å²) in [5, 5.41) is 8.94. The smallest absolute Gasteiger partial charge is 0.335 e. The van der Waals surface area contributed by atoms with Crippen LogP contribution in [-0.4, -0.2) is 26.0 Å². The fraction of sp³-hybridized carbons (Fsp3) is 0.0588. The van der Waals surface area contributed by atoms with E-state index in [-0.39, 0.29) is 11.1 Å². The third kappa shape index (κ3) is 3.16. The first-order chi connectivity index (χ1) is 11.0. The highest BCUT2D eigenvalue weighted by Gasteiger charge is 2.07. The lowest BCUT2D eigenvalue weighted by Gasteiger charge is -2.06. The van der Waals surface area contributed by atoms with Crippen LogP contribution in [0.5, 0.6) is 0 Å². The van der Waals surface area contributed by atoms with Crippen molar-refractivity contribution in [3.05, 3.63) is 70.5 Å². The Labute approximate surface area is 131 Å². The molecule has 3 rings (SSSR count). The van der Waals surface area contributed by atoms with Gasteiger partial charge in [-0.15, -0.1) is 0 Å². The minimum Gasteiger partial charge on any atom is -0.478 e. The van der Waals surface area contributed by atoms with Crippen LogP contribution in [0.15, 0.2) is 53.6 Å². The lowest BCUT2D eigenvalue weighted by Crippen LogP contribution is -2.08. The molecule has 6 nitrogen and oxygen atoms in total. The van der Waals surface area contributed by atoms with E-state index in [1.807, 2.05) is 6.07 Å². The van der Waals surface area contributed by atoms with Gasteiger partial charge in [-0.1, -0.05) is 12.1 Å². The highest BCUT2D eigenvalue weighted by Crippen LogP contribution is 2.24. The molecule has 0 amide bonds. The van der Waals surface area contributed by atoms with Gasteiger partial charge in [-0.3, -0.25) is 9.78 Å². The molecule has 0 saturated heterocycles. The lowest BCUT2D eigenvalue weighted by atomic mass is 10.0. The van der Waals surface area contributed by atoms with Gasteiger partial charge in [-0.2, -0.15) is 0 Å². The van der Waals surface area contributed by atoms with Gasteiger partial charge in [-0.05, 0) is 30.7 Å². The average Bonchev–Trinajstić information content (AvgIpc) is 2.54. The van der Waals surface area contributed by atoms with Gasteiger partial charge in [0.1, 0.15) is 5.82 Å². The first-order valence-electron chi connectivity index (χ1n) is 6.90. The number of benzene rings is 1. The topological polar surface area (TPSA) is 95.9 Å². The average molecular weight is 307 g/mol. The predicted molar refractivity (Wildman–Crippen MR) is 85.2 cm³/mol. The van der Waals surface area contributed by atoms with Gasteiger partial charge >= 0.3 is 5.97 Å². The van der Waals surface area contributed by atoms with E-state index >= 15 is 0 Å². The molecule has 0 spiro atoms. The quantitative estimate of drug-likeness (QED) is 0.775. The number of aromatic nitrogens is 3. The second kappa shape index (κ2) is 5.84. The van der Waals surface area contributed by atoms with E-state index in [1.54, 1.807) is 43.6 Å². The van der Waals surface area contributed by atoms with Crippen LogP contribution >= 0.6 is 0 Å². The Morgan fingerprint density at radius 1 is 1.04 bits per heavy atom. The Bertz CT molecular complexity index is 930. The van der Waals surface area contributed by atoms with Crippen LogP contribution in [0.3, 0.4) is 0 Å². The molecule has 23 heavy (non-hydrogen) atoms. The molecule has 0 unspecified atom stereocenters. The number of pyridine rings is 1. The van der Waals surface area contributed by atoms with Crippen LogP contribution in [0.2, 0.25) is 0 Å². The van der Waals surface area contributed by atoms with E-state index in [9.17, 15) is 9.59 Å². The molecular weight excluding hydrogens is 294 g/mol. The van der Waals surface area contributed by atoms with Gasteiger partial charge in [0, 0.05) is 29.6 Å². The van der Waals surface area contributed by atoms with E-state index in [0.717, 1.165) is 16.7 Å². The summed E-state index contributed by atoms with van der Waals surface area (Å²) in [7, 11) is 0. The van der Waals surface area contributed by atoms with Crippen molar-refractivity contribution in [2.24, 2.45) is 0 Å². The van der Waals surface area contributed by atoms with Gasteiger partial charge in [0.25, 0.3) is 5.56 Å². The van der Waals surface area contributed by atoms with E-state index in [4.69, 9.17) is 5.11 Å². The molecule has 0 radical (unpaired) electrons. The van der Waals surface area contributed by atoms with Crippen LogP contribution in [-0.2, 0) is 0 Å². The number of hydrogen-bond donors (Lipinski definition) is 2. The van der Waals surface area contributed by atoms with Crippen LogP contribution in [0.1, 0.15) is 16.2 Å². The van der Waals surface area contributed by atoms with Crippen LogP contribution in [0.4, 0.5) is 0 Å². The molecule has 2 aromatic heterocycles. The second-order valence-electron chi connectivity index (χ2n) is 5.06. The molecule has 6 heteroatoms. The molecule has 114 valence electrons. The van der Waals surface area contributed by atoms with E-state index in [2.05, 4.69) is 15.0 Å². The minimum atomic E-state index is -0.966. The van der Waals surface area contributed by atoms with E-state index in [0.29, 0.717) is 11.5 Å². The predicted octanol–water partition coefficient (Wildman–Crippen LogP) is 2.51. The number of aryl methyl sites for hydroxylation is 1. The summed E-state index contributed by atoms with van der Waals surface area (Å²) in [4.78, 5) is 33.6. The van der Waals surface area contributed by atoms with Gasteiger partial charge in [0.2, 0.25) is 0 Å². The number of carbonyl (C=O) groups is 1. The zero-order valence-corrected chi connectivity index (χ0v) is 12.3. The van der Waals surface area contributed by atoms with Crippen molar-refractivity contribution < 1.29 is 9.90 Å². The maximum absolute atomic E-state index is 11.6. The van der Waals surface area contributed by atoms with Crippen molar-refractivity contribution in [3.8, 4) is 22.4 Å². The maximum Gasteiger partial charge on any atom is 0.335 e. The van der Waals surface area contributed by atoms with Crippen LogP contribution < -0.4 is 5.56 Å². The fourth-order valence-corrected chi connectivity index (χ4v) is 2.27. The van der Waals surface area contributed by atoms with Crippen molar-refractivity contribution in [1.29, 1.82) is 0 Å². The summed E-state index contributed by atoms with van der Waals surface area (Å²) in [6.45, 7) is 1.72. The standard InChI is InChI=1S/C17H13N3O3/c1-10-19-15(7-16(21)20-10)14-6-13(8-18-9-14)11-2-4-12(5-3-11)17(22)23/h2-9H,1H3,(H,22,23)(H,19,20,21). The van der Waals surface area contributed by atoms with Crippen molar-refractivity contribution in [1.82, 2.24) is 15.0 Å². The monoisotopic (exact) mass is 307 g/mol. The van der Waals surface area contributed by atoms with E-state index < -0.39 is 5.97 Å². The molecule has 3 aromatic rings. The Balaban J connectivity index is 2.02. The van der Waals surface area contributed by atoms with Crippen LogP contribution in [0.25, 0.3) is 22.4 Å². The molecule has 0 atom stereocenters. The summed E-state index contributed by atoms with van der Waals surface area (Å²) in [5.74, 6) is -0.435. The highest BCUT2D eigenvalue weighted by atomic mass is 16.4. The molecule has 0 aliphatic carbocycles. The molecule has 0 bridgehead atoms. The summed E-state index contributed by atoms with van der Waals surface area (Å²) >= 11 is 0. The lowest BCUT2D eigenvalue weighted by molar-refractivity contribution is 0.0697. The number of rotatable bonds is 3. The zero-order valence-electron chi connectivity index (χ0n) is 12.3. The number of nitrogens with one attached hydrogen (secondary N) is 1. The number of carboxylic acid groups (broad SMARTS) is 1.